The number of nitrogens with one attached hydrogen (secondary N) is 1. The van der Waals surface area contributed by atoms with Gasteiger partial charge in [-0.2, -0.15) is 9.97 Å². The molecule has 16 heteroatoms. The van der Waals surface area contributed by atoms with Crippen molar-refractivity contribution in [1.29, 1.82) is 0 Å². The zero-order valence-corrected chi connectivity index (χ0v) is 21.2. The Balaban J connectivity index is 2.15. The molecule has 5 atom stereocenters. The van der Waals surface area contributed by atoms with Crippen molar-refractivity contribution in [2.24, 2.45) is 0 Å². The van der Waals surface area contributed by atoms with Crippen LogP contribution in [0.2, 0.25) is 5.15 Å². The fourth-order valence-corrected chi connectivity index (χ4v) is 4.00. The highest BCUT2D eigenvalue weighted by Gasteiger charge is 2.53. The fraction of sp³-hybridized carbons (Fsp3) is 0.524. The van der Waals surface area contributed by atoms with E-state index in [9.17, 15) is 24.0 Å². The van der Waals surface area contributed by atoms with Gasteiger partial charge in [0.05, 0.1) is 0 Å². The number of hydrogen-bond acceptors (Lipinski definition) is 13. The summed E-state index contributed by atoms with van der Waals surface area (Å²) >= 11 is 6.37. The molecule has 2 aromatic rings. The van der Waals surface area contributed by atoms with Crippen molar-refractivity contribution >= 4 is 58.5 Å². The van der Waals surface area contributed by atoms with Crippen LogP contribution in [0.4, 0.5) is 5.95 Å². The Bertz CT molecular complexity index is 1230. The molecule has 0 saturated carbocycles. The number of fused-ring (bicyclic) bond motifs is 1. The zero-order chi connectivity index (χ0) is 27.4. The summed E-state index contributed by atoms with van der Waals surface area (Å²) in [6.45, 7) is 5.38. The van der Waals surface area contributed by atoms with Crippen molar-refractivity contribution in [2.75, 3.05) is 11.9 Å². The first-order valence-electron chi connectivity index (χ1n) is 10.9. The first-order valence-corrected chi connectivity index (χ1v) is 11.2. The Morgan fingerprint density at radius 3 is 2.08 bits per heavy atom. The quantitative estimate of drug-likeness (QED) is 0.293. The Hall–Kier alpha value is -3.85. The molecule has 3 rings (SSSR count). The predicted octanol–water partition coefficient (Wildman–Crippen LogP) is 0.694. The molecule has 1 fully saturated rings. The SMILES string of the molecule is CC(=O)Nc1nc(Cl)c2c(ncn2[C@@H]2O[C@H](COC(C)=O)[C@@H](OC(C)=O)[C@H](OC(C)=O)[C@H]2OC(C)=O)n1. The van der Waals surface area contributed by atoms with Crippen molar-refractivity contribution in [2.45, 2.75) is 65.3 Å². The van der Waals surface area contributed by atoms with Gasteiger partial charge in [-0.3, -0.25) is 33.9 Å². The molecule has 0 spiro atoms. The molecule has 1 N–H and O–H groups in total. The maximum atomic E-state index is 12.1. The van der Waals surface area contributed by atoms with Crippen LogP contribution in [0.5, 0.6) is 0 Å². The summed E-state index contributed by atoms with van der Waals surface area (Å²) in [6.07, 6.45) is -5.32. The standard InChI is InChI=1S/C21H24ClN5O10/c1-8(28)24-21-25-18(22)14-19(26-21)23-7-27(14)20-17(36-12(5)32)16(35-11(4)31)15(34-10(3)30)13(37-20)6-33-9(2)29/h7,13,15-17,20H,6H2,1-5H3,(H,24,25,26,28)/t13-,15-,16+,17-,20-/m1/s1. The number of carbonyl (C=O) groups excluding carboxylic acids is 5. The van der Waals surface area contributed by atoms with E-state index < -0.39 is 67.0 Å². The summed E-state index contributed by atoms with van der Waals surface area (Å²) in [7, 11) is 0. The Labute approximate surface area is 214 Å². The maximum Gasteiger partial charge on any atom is 0.303 e. The van der Waals surface area contributed by atoms with Gasteiger partial charge in [0.2, 0.25) is 11.9 Å². The number of halogens is 1. The molecule has 1 aliphatic rings. The van der Waals surface area contributed by atoms with E-state index >= 15 is 0 Å². The van der Waals surface area contributed by atoms with Crippen LogP contribution in [0, 0.1) is 0 Å². The molecular formula is C21H24ClN5O10. The number of ether oxygens (including phenoxy) is 5. The lowest BCUT2D eigenvalue weighted by Crippen LogP contribution is -2.60. The summed E-state index contributed by atoms with van der Waals surface area (Å²) in [4.78, 5) is 71.2. The smallest absolute Gasteiger partial charge is 0.303 e. The van der Waals surface area contributed by atoms with Crippen LogP contribution in [0.25, 0.3) is 11.2 Å². The van der Waals surface area contributed by atoms with Gasteiger partial charge in [-0.1, -0.05) is 11.6 Å². The maximum absolute atomic E-state index is 12.1. The van der Waals surface area contributed by atoms with Crippen LogP contribution in [0.3, 0.4) is 0 Å². The van der Waals surface area contributed by atoms with E-state index in [1.165, 1.54) is 24.7 Å². The average Bonchev–Trinajstić information content (AvgIpc) is 3.18. The third-order valence-electron chi connectivity index (χ3n) is 4.91. The summed E-state index contributed by atoms with van der Waals surface area (Å²) < 4.78 is 28.7. The van der Waals surface area contributed by atoms with Crippen LogP contribution < -0.4 is 5.32 Å². The molecule has 2 aromatic heterocycles. The number of aromatic nitrogens is 4. The molecule has 1 amide bonds. The molecule has 1 aliphatic heterocycles. The Morgan fingerprint density at radius 1 is 0.919 bits per heavy atom. The minimum Gasteiger partial charge on any atom is -0.463 e. The highest BCUT2D eigenvalue weighted by atomic mass is 35.5. The molecule has 3 heterocycles. The number of hydrogen-bond donors (Lipinski definition) is 1. The van der Waals surface area contributed by atoms with Gasteiger partial charge in [0.1, 0.15) is 24.6 Å². The summed E-state index contributed by atoms with van der Waals surface area (Å²) in [6, 6.07) is 0. The first-order chi connectivity index (χ1) is 17.4. The van der Waals surface area contributed by atoms with E-state index in [1.807, 2.05) is 0 Å². The Kier molecular flexibility index (Phi) is 8.60. The molecule has 0 aliphatic carbocycles. The van der Waals surface area contributed by atoms with E-state index in [0.717, 1.165) is 20.8 Å². The van der Waals surface area contributed by atoms with Crippen LogP contribution in [0.15, 0.2) is 6.33 Å². The molecule has 0 unspecified atom stereocenters. The molecule has 0 aromatic carbocycles. The van der Waals surface area contributed by atoms with Gasteiger partial charge in [-0.05, 0) is 0 Å². The number of esters is 4. The lowest BCUT2D eigenvalue weighted by atomic mass is 9.97. The van der Waals surface area contributed by atoms with Gasteiger partial charge in [0.25, 0.3) is 0 Å². The highest BCUT2D eigenvalue weighted by Crippen LogP contribution is 2.37. The lowest BCUT2D eigenvalue weighted by molar-refractivity contribution is -0.267. The number of imidazole rings is 1. The molecular weight excluding hydrogens is 518 g/mol. The second-order valence-corrected chi connectivity index (χ2v) is 8.29. The highest BCUT2D eigenvalue weighted by molar-refractivity contribution is 6.33. The third-order valence-corrected chi connectivity index (χ3v) is 5.18. The monoisotopic (exact) mass is 541 g/mol. The fourth-order valence-electron chi connectivity index (χ4n) is 3.74. The van der Waals surface area contributed by atoms with Gasteiger partial charge in [-0.25, -0.2) is 4.98 Å². The van der Waals surface area contributed by atoms with E-state index in [0.29, 0.717) is 0 Å². The van der Waals surface area contributed by atoms with Crippen molar-refractivity contribution < 1.29 is 47.7 Å². The number of anilines is 1. The zero-order valence-electron chi connectivity index (χ0n) is 20.4. The predicted molar refractivity (Wildman–Crippen MR) is 122 cm³/mol. The van der Waals surface area contributed by atoms with E-state index in [-0.39, 0.29) is 22.3 Å². The lowest BCUT2D eigenvalue weighted by Gasteiger charge is -2.44. The first kappa shape index (κ1) is 27.7. The van der Waals surface area contributed by atoms with E-state index in [2.05, 4.69) is 20.3 Å². The minimum atomic E-state index is -1.39. The molecule has 200 valence electrons. The van der Waals surface area contributed by atoms with Gasteiger partial charge in [0, 0.05) is 34.6 Å². The van der Waals surface area contributed by atoms with E-state index in [1.54, 1.807) is 0 Å². The van der Waals surface area contributed by atoms with Gasteiger partial charge in [-0.15, -0.1) is 0 Å². The largest absolute Gasteiger partial charge is 0.463 e. The molecule has 0 bridgehead atoms. The summed E-state index contributed by atoms with van der Waals surface area (Å²) in [5.41, 5.74) is 0.174. The molecule has 15 nitrogen and oxygen atoms in total. The number of carbonyl (C=O) groups is 5. The minimum absolute atomic E-state index is 0.0524. The van der Waals surface area contributed by atoms with Crippen LogP contribution in [0.1, 0.15) is 40.8 Å². The second-order valence-electron chi connectivity index (χ2n) is 7.93. The third kappa shape index (κ3) is 6.68. The molecule has 37 heavy (non-hydrogen) atoms. The van der Waals surface area contributed by atoms with Gasteiger partial charge >= 0.3 is 23.9 Å². The van der Waals surface area contributed by atoms with Crippen LogP contribution in [-0.4, -0.2) is 80.3 Å². The van der Waals surface area contributed by atoms with Crippen molar-refractivity contribution in [3.63, 3.8) is 0 Å². The molecule has 1 saturated heterocycles. The summed E-state index contributed by atoms with van der Waals surface area (Å²) in [5.74, 6) is -3.48. The average molecular weight is 542 g/mol. The topological polar surface area (TPSA) is 187 Å². The van der Waals surface area contributed by atoms with Crippen molar-refractivity contribution in [1.82, 2.24) is 19.5 Å². The number of nitrogens with zero attached hydrogens (tertiary/aromatic N) is 4. The van der Waals surface area contributed by atoms with E-state index in [4.69, 9.17) is 35.3 Å². The van der Waals surface area contributed by atoms with Gasteiger partial charge < -0.3 is 23.7 Å². The van der Waals surface area contributed by atoms with Crippen LogP contribution >= 0.6 is 11.6 Å². The van der Waals surface area contributed by atoms with Gasteiger partial charge in [0.15, 0.2) is 35.3 Å². The van der Waals surface area contributed by atoms with Crippen LogP contribution in [-0.2, 0) is 47.7 Å². The summed E-state index contributed by atoms with van der Waals surface area (Å²) in [5, 5.41) is 2.26. The Morgan fingerprint density at radius 2 is 1.51 bits per heavy atom. The second kappa shape index (κ2) is 11.5. The van der Waals surface area contributed by atoms with Crippen molar-refractivity contribution in [3.05, 3.63) is 11.5 Å². The number of rotatable bonds is 7. The normalized spacial score (nSPS) is 23.1. The number of amides is 1. The van der Waals surface area contributed by atoms with Crippen molar-refractivity contribution in [3.8, 4) is 0 Å². The molecule has 0 radical (unpaired) electrons.